The van der Waals surface area contributed by atoms with Crippen LogP contribution in [0.25, 0.3) is 0 Å². The van der Waals surface area contributed by atoms with Crippen LogP contribution >= 0.6 is 0 Å². The molecule has 0 unspecified atom stereocenters. The molecule has 0 bridgehead atoms. The molecule has 2 heteroatoms. The Balaban J connectivity index is -0.000000404. The third-order valence-electron chi connectivity index (χ3n) is 9.41. The number of hydrogen-bond acceptors (Lipinski definition) is 1. The number of carbonyl (C=O) groups is 1. The van der Waals surface area contributed by atoms with Gasteiger partial charge in [0, 0.05) is 20.0 Å². The van der Waals surface area contributed by atoms with Crippen LogP contribution in [-0.2, 0) is 4.79 Å². The first-order valence-electron chi connectivity index (χ1n) is 14.7. The monoisotopic (exact) mass is 512 g/mol. The molecular weight excluding hydrogens is 438 g/mol. The minimum absolute atomic E-state index is 0. The minimum Gasteiger partial charge on any atom is -0.343 e. The maximum absolute atomic E-state index is 11.0. The number of carbonyl (C=O) groups excluding carboxylic acids is 1. The lowest BCUT2D eigenvalue weighted by atomic mass is 9.73. The van der Waals surface area contributed by atoms with Gasteiger partial charge < -0.3 is 4.90 Å². The van der Waals surface area contributed by atoms with E-state index in [4.69, 9.17) is 0 Å². The molecule has 4 aliphatic rings. The van der Waals surface area contributed by atoms with Crippen LogP contribution in [0, 0.1) is 47.3 Å². The van der Waals surface area contributed by atoms with Gasteiger partial charge in [-0.2, -0.15) is 0 Å². The first-order chi connectivity index (χ1) is 15.4. The van der Waals surface area contributed by atoms with Gasteiger partial charge in [-0.3, -0.25) is 4.79 Å². The summed E-state index contributed by atoms with van der Waals surface area (Å²) in [5.41, 5.74) is 0. The van der Waals surface area contributed by atoms with Crippen LogP contribution in [0.5, 0.6) is 0 Å². The number of nitrogens with zero attached hydrogens (tertiary/aromatic N) is 1. The highest BCUT2D eigenvalue weighted by molar-refractivity contribution is 5.73. The van der Waals surface area contributed by atoms with Gasteiger partial charge in [-0.25, -0.2) is 0 Å². The molecule has 0 aliphatic heterocycles. The molecule has 0 spiro atoms. The molecule has 0 aromatic rings. The third-order valence-corrected chi connectivity index (χ3v) is 9.41. The van der Waals surface area contributed by atoms with Crippen molar-refractivity contribution in [1.82, 2.24) is 4.90 Å². The lowest BCUT2D eigenvalue weighted by Crippen LogP contribution is -2.46. The summed E-state index contributed by atoms with van der Waals surface area (Å²) in [5.74, 6) is 7.93. The van der Waals surface area contributed by atoms with E-state index in [0.29, 0.717) is 6.04 Å². The molecule has 4 rings (SSSR count). The quantitative estimate of drug-likeness (QED) is 0.359. The third kappa shape index (κ3) is 14.4. The van der Waals surface area contributed by atoms with Crippen molar-refractivity contribution < 1.29 is 4.79 Å². The normalized spacial score (nSPS) is 22.7. The van der Waals surface area contributed by atoms with Gasteiger partial charge in [0.2, 0.25) is 5.91 Å². The van der Waals surface area contributed by atoms with Crippen molar-refractivity contribution >= 4 is 5.91 Å². The van der Waals surface area contributed by atoms with Gasteiger partial charge >= 0.3 is 0 Å². The predicted octanol–water partition coefficient (Wildman–Crippen LogP) is 11.1. The molecule has 0 aromatic carbocycles. The van der Waals surface area contributed by atoms with Gasteiger partial charge in [-0.15, -0.1) is 0 Å². The van der Waals surface area contributed by atoms with Crippen molar-refractivity contribution in [2.45, 2.75) is 161 Å². The Morgan fingerprint density at radius 1 is 0.556 bits per heavy atom. The van der Waals surface area contributed by atoms with E-state index in [1.165, 1.54) is 70.6 Å². The highest BCUT2D eigenvalue weighted by Gasteiger charge is 2.34. The van der Waals surface area contributed by atoms with Crippen molar-refractivity contribution in [2.24, 2.45) is 47.3 Å². The van der Waals surface area contributed by atoms with Crippen molar-refractivity contribution in [1.29, 1.82) is 0 Å². The molecule has 2 nitrogen and oxygen atoms in total. The van der Waals surface area contributed by atoms with Crippen LogP contribution in [0.4, 0.5) is 0 Å². The zero-order chi connectivity index (χ0) is 25.1. The van der Waals surface area contributed by atoms with Crippen LogP contribution in [-0.4, -0.2) is 23.9 Å². The van der Waals surface area contributed by atoms with Crippen LogP contribution in [0.1, 0.15) is 155 Å². The summed E-state index contributed by atoms with van der Waals surface area (Å²) in [6.07, 6.45) is 15.9. The van der Waals surface area contributed by atoms with Crippen LogP contribution < -0.4 is 0 Å². The van der Waals surface area contributed by atoms with E-state index >= 15 is 0 Å². The van der Waals surface area contributed by atoms with Gasteiger partial charge in [-0.1, -0.05) is 135 Å². The van der Waals surface area contributed by atoms with Crippen LogP contribution in [0.2, 0.25) is 0 Å². The average Bonchev–Trinajstić information content (AvgIpc) is 2.47. The maximum atomic E-state index is 11.0. The van der Waals surface area contributed by atoms with E-state index in [2.05, 4.69) is 55.4 Å². The van der Waals surface area contributed by atoms with E-state index in [9.17, 15) is 4.79 Å². The second-order valence-corrected chi connectivity index (χ2v) is 13.1. The number of rotatable bonds is 5. The summed E-state index contributed by atoms with van der Waals surface area (Å²) in [7, 11) is 1.91. The van der Waals surface area contributed by atoms with Crippen LogP contribution in [0.3, 0.4) is 0 Å². The van der Waals surface area contributed by atoms with E-state index < -0.39 is 0 Å². The zero-order valence-corrected chi connectivity index (χ0v) is 24.3. The SMILES string of the molecule is C.C.C.CC(=O)N(C)C1CC(C(C)C)C1.CC(C)C1CCC1.CC(C)C1CCC1.CC(C)C1CCC1. The molecule has 220 valence electrons. The molecule has 0 aromatic heterocycles. The van der Waals surface area contributed by atoms with Gasteiger partial charge in [0.25, 0.3) is 0 Å². The summed E-state index contributed by atoms with van der Waals surface area (Å²) in [6.45, 7) is 20.1. The molecule has 0 radical (unpaired) electrons. The molecule has 0 saturated heterocycles. The first kappa shape index (κ1) is 40.0. The van der Waals surface area contributed by atoms with E-state index in [1.807, 2.05) is 11.9 Å². The van der Waals surface area contributed by atoms with E-state index in [1.54, 1.807) is 6.92 Å². The Labute approximate surface area is 231 Å². The van der Waals surface area contributed by atoms with Crippen molar-refractivity contribution in [3.05, 3.63) is 0 Å². The lowest BCUT2D eigenvalue weighted by Gasteiger charge is -2.42. The van der Waals surface area contributed by atoms with Crippen molar-refractivity contribution in [2.75, 3.05) is 7.05 Å². The smallest absolute Gasteiger partial charge is 0.219 e. The first-order valence-corrected chi connectivity index (χ1v) is 14.7. The highest BCUT2D eigenvalue weighted by atomic mass is 16.2. The molecular formula is C34H73NO. The molecule has 4 saturated carbocycles. The molecule has 0 N–H and O–H groups in total. The fourth-order valence-electron chi connectivity index (χ4n) is 5.07. The number of hydrogen-bond donors (Lipinski definition) is 0. The van der Waals surface area contributed by atoms with E-state index in [-0.39, 0.29) is 28.2 Å². The summed E-state index contributed by atoms with van der Waals surface area (Å²) in [5, 5.41) is 0. The molecule has 0 heterocycles. The lowest BCUT2D eigenvalue weighted by molar-refractivity contribution is -0.132. The molecule has 4 fully saturated rings. The topological polar surface area (TPSA) is 20.3 Å². The Kier molecular flexibility index (Phi) is 22.7. The molecule has 0 atom stereocenters. The van der Waals surface area contributed by atoms with Crippen LogP contribution in [0.15, 0.2) is 0 Å². The summed E-state index contributed by atoms with van der Waals surface area (Å²) < 4.78 is 0. The second kappa shape index (κ2) is 20.4. The van der Waals surface area contributed by atoms with Crippen molar-refractivity contribution in [3.63, 3.8) is 0 Å². The zero-order valence-electron chi connectivity index (χ0n) is 24.3. The Morgan fingerprint density at radius 3 is 0.917 bits per heavy atom. The van der Waals surface area contributed by atoms with E-state index in [0.717, 1.165) is 47.3 Å². The summed E-state index contributed by atoms with van der Waals surface area (Å²) in [6, 6.07) is 0.523. The predicted molar refractivity (Wildman–Crippen MR) is 167 cm³/mol. The average molecular weight is 512 g/mol. The minimum atomic E-state index is 0. The summed E-state index contributed by atoms with van der Waals surface area (Å²) >= 11 is 0. The fraction of sp³-hybridized carbons (Fsp3) is 0.971. The largest absolute Gasteiger partial charge is 0.343 e. The van der Waals surface area contributed by atoms with Gasteiger partial charge in [0.1, 0.15) is 0 Å². The van der Waals surface area contributed by atoms with Crippen molar-refractivity contribution in [3.8, 4) is 0 Å². The van der Waals surface area contributed by atoms with Gasteiger partial charge in [-0.05, 0) is 60.2 Å². The maximum Gasteiger partial charge on any atom is 0.219 e. The standard InChI is InChI=1S/C10H19NO.3C7H14.3CH4/c1-7(2)9-5-10(6-9)11(4)8(3)12;3*1-6(2)7-4-3-5-7;;;/h7,9-10H,5-6H2,1-4H3;3*6-7H,3-5H2,1-2H3;3*1H4. The van der Waals surface area contributed by atoms with Gasteiger partial charge in [0.15, 0.2) is 0 Å². The molecule has 1 amide bonds. The second-order valence-electron chi connectivity index (χ2n) is 13.1. The molecule has 36 heavy (non-hydrogen) atoms. The van der Waals surface area contributed by atoms with Gasteiger partial charge in [0.05, 0.1) is 0 Å². The Bertz CT molecular complexity index is 462. The Morgan fingerprint density at radius 2 is 0.806 bits per heavy atom. The fourth-order valence-corrected chi connectivity index (χ4v) is 5.07. The Hall–Kier alpha value is -0.530. The highest BCUT2D eigenvalue weighted by Crippen LogP contribution is 2.36. The number of amides is 1. The molecule has 4 aliphatic carbocycles. The summed E-state index contributed by atoms with van der Waals surface area (Å²) in [4.78, 5) is 12.9.